The molecule has 3 rings (SSSR count). The zero-order chi connectivity index (χ0) is 18.9. The van der Waals surface area contributed by atoms with Crippen molar-refractivity contribution < 1.29 is 0 Å². The predicted molar refractivity (Wildman–Crippen MR) is 102 cm³/mol. The van der Waals surface area contributed by atoms with Crippen molar-refractivity contribution in [1.29, 1.82) is 0 Å². The first-order valence-corrected chi connectivity index (χ1v) is 9.11. The fraction of sp³-hybridized carbons (Fsp3) is 0.579. The van der Waals surface area contributed by atoms with Gasteiger partial charge >= 0.3 is 0 Å². The number of hydrogen-bond acceptors (Lipinski definition) is 5. The average Bonchev–Trinajstić information content (AvgIpc) is 2.59. The molecule has 0 aromatic carbocycles. The molecule has 0 atom stereocenters. The number of hydrogen-bond donors (Lipinski definition) is 0. The highest BCUT2D eigenvalue weighted by molar-refractivity contribution is 5.36. The Morgan fingerprint density at radius 3 is 2.50 bits per heavy atom. The van der Waals surface area contributed by atoms with Gasteiger partial charge < -0.3 is 9.47 Å². The molecule has 2 aromatic heterocycles. The smallest absolute Gasteiger partial charge is 0.293 e. The lowest BCUT2D eigenvalue weighted by Gasteiger charge is -2.32. The fourth-order valence-electron chi connectivity index (χ4n) is 3.25. The summed E-state index contributed by atoms with van der Waals surface area (Å²) in [6, 6.07) is 3.43. The summed E-state index contributed by atoms with van der Waals surface area (Å²) < 4.78 is 3.15. The molecule has 2 aromatic rings. The van der Waals surface area contributed by atoms with Crippen molar-refractivity contribution in [2.75, 3.05) is 18.0 Å². The van der Waals surface area contributed by atoms with E-state index in [-0.39, 0.29) is 16.5 Å². The Kier molecular flexibility index (Phi) is 4.98. The van der Waals surface area contributed by atoms with Crippen LogP contribution in [0.5, 0.6) is 0 Å². The minimum atomic E-state index is -0.0855. The SMILES string of the molecule is Cn1ccnc(N2CCC(Cn3nc(C(C)(C)C)ccc3=O)CC2)c1=O. The van der Waals surface area contributed by atoms with Crippen molar-refractivity contribution in [3.05, 3.63) is 50.9 Å². The molecule has 0 saturated carbocycles. The lowest BCUT2D eigenvalue weighted by atomic mass is 9.92. The molecule has 0 unspecified atom stereocenters. The third-order valence-electron chi connectivity index (χ3n) is 4.98. The van der Waals surface area contributed by atoms with E-state index in [0.717, 1.165) is 31.6 Å². The van der Waals surface area contributed by atoms with E-state index in [0.29, 0.717) is 18.3 Å². The van der Waals surface area contributed by atoms with Crippen LogP contribution in [-0.2, 0) is 19.0 Å². The summed E-state index contributed by atoms with van der Waals surface area (Å²) in [6.45, 7) is 8.44. The highest BCUT2D eigenvalue weighted by atomic mass is 16.1. The van der Waals surface area contributed by atoms with Crippen molar-refractivity contribution in [3.63, 3.8) is 0 Å². The molecule has 26 heavy (non-hydrogen) atoms. The van der Waals surface area contributed by atoms with Crippen LogP contribution in [0.15, 0.2) is 34.1 Å². The van der Waals surface area contributed by atoms with Crippen molar-refractivity contribution in [1.82, 2.24) is 19.3 Å². The third kappa shape index (κ3) is 3.86. The highest BCUT2D eigenvalue weighted by Gasteiger charge is 2.24. The summed E-state index contributed by atoms with van der Waals surface area (Å²) in [5, 5.41) is 4.57. The number of rotatable bonds is 3. The lowest BCUT2D eigenvalue weighted by Crippen LogP contribution is -2.40. The molecule has 0 spiro atoms. The van der Waals surface area contributed by atoms with Gasteiger partial charge in [0, 0.05) is 50.6 Å². The number of anilines is 1. The Hall–Kier alpha value is -2.44. The number of aromatic nitrogens is 4. The van der Waals surface area contributed by atoms with E-state index in [2.05, 4.69) is 30.9 Å². The van der Waals surface area contributed by atoms with Gasteiger partial charge in [-0.25, -0.2) is 9.67 Å². The van der Waals surface area contributed by atoms with E-state index in [1.165, 1.54) is 0 Å². The van der Waals surface area contributed by atoms with E-state index in [1.54, 1.807) is 34.8 Å². The molecule has 7 nitrogen and oxygen atoms in total. The maximum absolute atomic E-state index is 12.2. The average molecular weight is 357 g/mol. The largest absolute Gasteiger partial charge is 0.352 e. The molecule has 1 aliphatic heterocycles. The van der Waals surface area contributed by atoms with Crippen LogP contribution in [0.4, 0.5) is 5.82 Å². The molecule has 0 amide bonds. The summed E-state index contributed by atoms with van der Waals surface area (Å²) in [5.74, 6) is 0.887. The molecule has 0 aliphatic carbocycles. The molecule has 140 valence electrons. The van der Waals surface area contributed by atoms with Gasteiger partial charge in [-0.05, 0) is 24.8 Å². The molecular formula is C19H27N5O2. The lowest BCUT2D eigenvalue weighted by molar-refractivity contribution is 0.329. The van der Waals surface area contributed by atoms with Gasteiger partial charge in [0.2, 0.25) is 0 Å². The maximum atomic E-state index is 12.2. The summed E-state index contributed by atoms with van der Waals surface area (Å²) in [6.07, 6.45) is 5.14. The number of piperidine rings is 1. The molecule has 0 bridgehead atoms. The van der Waals surface area contributed by atoms with Crippen molar-refractivity contribution >= 4 is 5.82 Å². The third-order valence-corrected chi connectivity index (χ3v) is 4.98. The Balaban J connectivity index is 1.69. The fourth-order valence-corrected chi connectivity index (χ4v) is 3.25. The predicted octanol–water partition coefficient (Wildman–Crippen LogP) is 1.55. The topological polar surface area (TPSA) is 73.0 Å². The minimum Gasteiger partial charge on any atom is -0.352 e. The second-order valence-electron chi connectivity index (χ2n) is 8.09. The Morgan fingerprint density at radius 2 is 1.85 bits per heavy atom. The Labute approximate surface area is 153 Å². The molecule has 0 radical (unpaired) electrons. The van der Waals surface area contributed by atoms with Gasteiger partial charge in [-0.2, -0.15) is 5.10 Å². The monoisotopic (exact) mass is 357 g/mol. The number of aryl methyl sites for hydroxylation is 1. The minimum absolute atomic E-state index is 0.0565. The summed E-state index contributed by atoms with van der Waals surface area (Å²) in [5.41, 5.74) is 0.713. The Morgan fingerprint density at radius 1 is 1.15 bits per heavy atom. The molecule has 1 saturated heterocycles. The van der Waals surface area contributed by atoms with Crippen LogP contribution in [-0.4, -0.2) is 32.4 Å². The normalized spacial score (nSPS) is 16.1. The number of nitrogens with zero attached hydrogens (tertiary/aromatic N) is 5. The molecular weight excluding hydrogens is 330 g/mol. The summed E-state index contributed by atoms with van der Waals surface area (Å²) >= 11 is 0. The van der Waals surface area contributed by atoms with Crippen molar-refractivity contribution in [2.24, 2.45) is 13.0 Å². The first-order chi connectivity index (χ1) is 12.3. The molecule has 0 N–H and O–H groups in total. The van der Waals surface area contributed by atoms with E-state index < -0.39 is 0 Å². The van der Waals surface area contributed by atoms with Crippen LogP contribution >= 0.6 is 0 Å². The van der Waals surface area contributed by atoms with Gasteiger partial charge in [0.25, 0.3) is 11.1 Å². The van der Waals surface area contributed by atoms with E-state index in [4.69, 9.17) is 0 Å². The Bertz CT molecular complexity index is 886. The second-order valence-corrected chi connectivity index (χ2v) is 8.09. The van der Waals surface area contributed by atoms with Crippen LogP contribution in [0.1, 0.15) is 39.3 Å². The van der Waals surface area contributed by atoms with Crippen LogP contribution in [0.3, 0.4) is 0 Å². The van der Waals surface area contributed by atoms with Gasteiger partial charge in [0.05, 0.1) is 5.69 Å². The van der Waals surface area contributed by atoms with E-state index in [9.17, 15) is 9.59 Å². The van der Waals surface area contributed by atoms with Crippen molar-refractivity contribution in [2.45, 2.75) is 45.6 Å². The first-order valence-electron chi connectivity index (χ1n) is 9.11. The molecule has 7 heteroatoms. The van der Waals surface area contributed by atoms with E-state index >= 15 is 0 Å². The summed E-state index contributed by atoms with van der Waals surface area (Å²) in [4.78, 5) is 30.7. The van der Waals surface area contributed by atoms with Gasteiger partial charge in [-0.1, -0.05) is 20.8 Å². The zero-order valence-corrected chi connectivity index (χ0v) is 16.0. The molecule has 1 aliphatic rings. The first kappa shape index (κ1) is 18.4. The van der Waals surface area contributed by atoms with Crippen LogP contribution in [0.2, 0.25) is 0 Å². The quantitative estimate of drug-likeness (QED) is 0.833. The van der Waals surface area contributed by atoms with Gasteiger partial charge in [0.15, 0.2) is 5.82 Å². The second kappa shape index (κ2) is 7.05. The molecule has 1 fully saturated rings. The standard InChI is InChI=1S/C19H27N5O2/c1-19(2,3)15-5-6-16(25)24(21-15)13-14-7-10-23(11-8-14)17-18(26)22(4)12-9-20-17/h5-6,9,12,14H,7-8,10-11,13H2,1-4H3. The van der Waals surface area contributed by atoms with Crippen molar-refractivity contribution in [3.8, 4) is 0 Å². The van der Waals surface area contributed by atoms with Crippen LogP contribution in [0, 0.1) is 5.92 Å². The highest BCUT2D eigenvalue weighted by Crippen LogP contribution is 2.22. The van der Waals surface area contributed by atoms with Gasteiger partial charge in [-0.3, -0.25) is 9.59 Å². The van der Waals surface area contributed by atoms with Gasteiger partial charge in [0.1, 0.15) is 0 Å². The van der Waals surface area contributed by atoms with Crippen LogP contribution < -0.4 is 16.0 Å². The maximum Gasteiger partial charge on any atom is 0.293 e. The summed E-state index contributed by atoms with van der Waals surface area (Å²) in [7, 11) is 1.74. The molecule has 3 heterocycles. The zero-order valence-electron chi connectivity index (χ0n) is 16.0. The van der Waals surface area contributed by atoms with Gasteiger partial charge in [-0.15, -0.1) is 0 Å². The van der Waals surface area contributed by atoms with E-state index in [1.807, 2.05) is 11.0 Å². The van der Waals surface area contributed by atoms with Crippen LogP contribution in [0.25, 0.3) is 0 Å².